The largest absolute Gasteiger partial charge is 0.444 e. The summed E-state index contributed by atoms with van der Waals surface area (Å²) in [5, 5.41) is 1.34. The lowest BCUT2D eigenvalue weighted by Crippen LogP contribution is -2.62. The minimum Gasteiger partial charge on any atom is -0.444 e. The molecule has 0 saturated carbocycles. The molecule has 7 heteroatoms. The van der Waals surface area contributed by atoms with Gasteiger partial charge in [0.1, 0.15) is 11.1 Å². The molecule has 1 N–H and O–H groups in total. The highest BCUT2D eigenvalue weighted by molar-refractivity contribution is 5.92. The summed E-state index contributed by atoms with van der Waals surface area (Å²) in [4.78, 5) is 39.0. The Hall–Kier alpha value is -2.23. The number of piperidine rings is 1. The Bertz CT molecular complexity index is 590. The zero-order chi connectivity index (χ0) is 18.7. The molecule has 2 heterocycles. The number of ether oxygens (including phenoxy) is 1. The predicted octanol–water partition coefficient (Wildman–Crippen LogP) is 1.82. The molecular weight excluding hydrogens is 322 g/mol. The molecule has 0 radical (unpaired) electrons. The molecule has 2 saturated heterocycles. The SMILES string of the molecule is C#CC[C@]1(C(=O)NN2CCCCC2=O)CCCN1C(=O)OC(C)(C)C. The van der Waals surface area contributed by atoms with E-state index in [9.17, 15) is 14.4 Å². The first kappa shape index (κ1) is 19.1. The van der Waals surface area contributed by atoms with E-state index in [1.54, 1.807) is 20.8 Å². The number of carbonyl (C=O) groups is 3. The van der Waals surface area contributed by atoms with Crippen LogP contribution in [0, 0.1) is 12.3 Å². The number of hydrogen-bond donors (Lipinski definition) is 1. The van der Waals surface area contributed by atoms with E-state index in [0.717, 1.165) is 12.8 Å². The van der Waals surface area contributed by atoms with Gasteiger partial charge in [0.15, 0.2) is 0 Å². The number of nitrogens with zero attached hydrogens (tertiary/aromatic N) is 2. The molecule has 3 amide bonds. The number of hydrogen-bond acceptors (Lipinski definition) is 4. The van der Waals surface area contributed by atoms with Crippen molar-refractivity contribution in [3.8, 4) is 12.3 Å². The van der Waals surface area contributed by atoms with Crippen molar-refractivity contribution in [1.29, 1.82) is 0 Å². The van der Waals surface area contributed by atoms with E-state index >= 15 is 0 Å². The van der Waals surface area contributed by atoms with Crippen LogP contribution in [0.1, 0.15) is 59.3 Å². The van der Waals surface area contributed by atoms with E-state index in [0.29, 0.717) is 32.4 Å². The van der Waals surface area contributed by atoms with Crippen molar-refractivity contribution in [2.75, 3.05) is 13.1 Å². The molecule has 138 valence electrons. The van der Waals surface area contributed by atoms with Gasteiger partial charge < -0.3 is 4.74 Å². The van der Waals surface area contributed by atoms with Gasteiger partial charge in [0.05, 0.1) is 0 Å². The van der Waals surface area contributed by atoms with Crippen LogP contribution in [0.2, 0.25) is 0 Å². The standard InChI is InChI=1S/C18H27N3O4/c1-5-10-18(15(23)19-21-13-7-6-9-14(21)22)11-8-12-20(18)16(24)25-17(2,3)4/h1H,6-13H2,2-4H3,(H,19,23)/t18-/m1/s1. The number of nitrogens with one attached hydrogen (secondary N) is 1. The predicted molar refractivity (Wildman–Crippen MR) is 92.1 cm³/mol. The molecule has 2 aliphatic rings. The molecule has 0 aromatic heterocycles. The molecule has 7 nitrogen and oxygen atoms in total. The van der Waals surface area contributed by atoms with Crippen molar-refractivity contribution in [2.24, 2.45) is 0 Å². The average molecular weight is 349 g/mol. The summed E-state index contributed by atoms with van der Waals surface area (Å²) in [6.45, 7) is 6.20. The third-order valence-electron chi connectivity index (χ3n) is 4.48. The molecule has 2 fully saturated rings. The fraction of sp³-hybridized carbons (Fsp3) is 0.722. The lowest BCUT2D eigenvalue weighted by atomic mass is 9.91. The normalized spacial score (nSPS) is 24.0. The Morgan fingerprint density at radius 1 is 1.28 bits per heavy atom. The third kappa shape index (κ3) is 4.25. The summed E-state index contributed by atoms with van der Waals surface area (Å²) < 4.78 is 5.44. The first-order valence-corrected chi connectivity index (χ1v) is 8.75. The van der Waals surface area contributed by atoms with E-state index < -0.39 is 23.1 Å². The number of terminal acetylenes is 1. The number of hydrazine groups is 1. The van der Waals surface area contributed by atoms with Crippen LogP contribution < -0.4 is 5.43 Å². The number of likely N-dealkylation sites (tertiary alicyclic amines) is 1. The highest BCUT2D eigenvalue weighted by atomic mass is 16.6. The van der Waals surface area contributed by atoms with Crippen LogP contribution in [0.15, 0.2) is 0 Å². The fourth-order valence-corrected chi connectivity index (χ4v) is 3.28. The van der Waals surface area contributed by atoms with Crippen LogP contribution in [0.25, 0.3) is 0 Å². The van der Waals surface area contributed by atoms with Gasteiger partial charge in [-0.15, -0.1) is 12.3 Å². The van der Waals surface area contributed by atoms with Gasteiger partial charge in [-0.25, -0.2) is 4.79 Å². The van der Waals surface area contributed by atoms with Crippen LogP contribution >= 0.6 is 0 Å². The van der Waals surface area contributed by atoms with Gasteiger partial charge >= 0.3 is 6.09 Å². The molecule has 0 bridgehead atoms. The van der Waals surface area contributed by atoms with Gasteiger partial charge in [0.25, 0.3) is 5.91 Å². The maximum Gasteiger partial charge on any atom is 0.411 e. The maximum atomic E-state index is 13.0. The molecule has 2 rings (SSSR count). The van der Waals surface area contributed by atoms with E-state index in [4.69, 9.17) is 11.2 Å². The van der Waals surface area contributed by atoms with E-state index in [-0.39, 0.29) is 12.3 Å². The summed E-state index contributed by atoms with van der Waals surface area (Å²) in [7, 11) is 0. The zero-order valence-corrected chi connectivity index (χ0v) is 15.3. The van der Waals surface area contributed by atoms with Crippen LogP contribution in [0.5, 0.6) is 0 Å². The van der Waals surface area contributed by atoms with E-state index in [2.05, 4.69) is 11.3 Å². The summed E-state index contributed by atoms with van der Waals surface area (Å²) in [6, 6.07) is 0. The quantitative estimate of drug-likeness (QED) is 0.789. The maximum absolute atomic E-state index is 13.0. The first-order chi connectivity index (χ1) is 11.7. The summed E-state index contributed by atoms with van der Waals surface area (Å²) in [5.74, 6) is 1.99. The Balaban J connectivity index is 2.20. The molecule has 25 heavy (non-hydrogen) atoms. The molecule has 0 aromatic rings. The third-order valence-corrected chi connectivity index (χ3v) is 4.48. The van der Waals surface area contributed by atoms with Crippen molar-refractivity contribution in [1.82, 2.24) is 15.3 Å². The van der Waals surface area contributed by atoms with E-state index in [1.807, 2.05) is 0 Å². The smallest absolute Gasteiger partial charge is 0.411 e. The fourth-order valence-electron chi connectivity index (χ4n) is 3.28. The molecule has 0 unspecified atom stereocenters. The molecule has 2 aliphatic heterocycles. The van der Waals surface area contributed by atoms with Crippen LogP contribution in [0.3, 0.4) is 0 Å². The second-order valence-corrected chi connectivity index (χ2v) is 7.59. The second-order valence-electron chi connectivity index (χ2n) is 7.59. The lowest BCUT2D eigenvalue weighted by molar-refractivity contribution is -0.148. The van der Waals surface area contributed by atoms with Gasteiger partial charge in [-0.05, 0) is 46.5 Å². The van der Waals surface area contributed by atoms with Crippen LogP contribution in [-0.2, 0) is 14.3 Å². The highest BCUT2D eigenvalue weighted by Crippen LogP contribution is 2.34. The Labute approximate surface area is 149 Å². The van der Waals surface area contributed by atoms with Crippen LogP contribution in [-0.4, -0.2) is 52.0 Å². The van der Waals surface area contributed by atoms with Gasteiger partial charge in [-0.3, -0.25) is 24.9 Å². The highest BCUT2D eigenvalue weighted by Gasteiger charge is 2.51. The lowest BCUT2D eigenvalue weighted by Gasteiger charge is -2.38. The van der Waals surface area contributed by atoms with Crippen molar-refractivity contribution < 1.29 is 19.1 Å². The summed E-state index contributed by atoms with van der Waals surface area (Å²) >= 11 is 0. The topological polar surface area (TPSA) is 79.0 Å². The van der Waals surface area contributed by atoms with Crippen LogP contribution in [0.4, 0.5) is 4.79 Å². The first-order valence-electron chi connectivity index (χ1n) is 8.75. The average Bonchev–Trinajstić information content (AvgIpc) is 2.93. The van der Waals surface area contributed by atoms with Crippen molar-refractivity contribution in [3.05, 3.63) is 0 Å². The minimum atomic E-state index is -1.17. The van der Waals surface area contributed by atoms with Crippen molar-refractivity contribution in [3.63, 3.8) is 0 Å². The summed E-state index contributed by atoms with van der Waals surface area (Å²) in [5.41, 5.74) is 0.846. The molecule has 0 aliphatic carbocycles. The number of carbonyl (C=O) groups excluding carboxylic acids is 3. The number of amides is 3. The molecule has 1 atom stereocenters. The Kier molecular flexibility index (Phi) is 5.61. The number of rotatable bonds is 3. The van der Waals surface area contributed by atoms with Gasteiger partial charge in [-0.1, -0.05) is 0 Å². The van der Waals surface area contributed by atoms with Crippen molar-refractivity contribution in [2.45, 2.75) is 70.4 Å². The molecule has 0 aromatic carbocycles. The zero-order valence-electron chi connectivity index (χ0n) is 15.3. The van der Waals surface area contributed by atoms with Gasteiger partial charge in [-0.2, -0.15) is 0 Å². The Morgan fingerprint density at radius 2 is 2.00 bits per heavy atom. The van der Waals surface area contributed by atoms with Gasteiger partial charge in [0, 0.05) is 25.9 Å². The minimum absolute atomic E-state index is 0.0834. The Morgan fingerprint density at radius 3 is 2.60 bits per heavy atom. The van der Waals surface area contributed by atoms with Gasteiger partial charge in [0.2, 0.25) is 5.91 Å². The van der Waals surface area contributed by atoms with Crippen molar-refractivity contribution >= 4 is 17.9 Å². The van der Waals surface area contributed by atoms with E-state index in [1.165, 1.54) is 9.91 Å². The molecular formula is C18H27N3O4. The molecule has 0 spiro atoms. The summed E-state index contributed by atoms with van der Waals surface area (Å²) in [6.07, 6.45) is 8.20. The monoisotopic (exact) mass is 349 g/mol. The second kappa shape index (κ2) is 7.34.